The quantitative estimate of drug-likeness (QED) is 0.822. The molecule has 1 aromatic carbocycles. The lowest BCUT2D eigenvalue weighted by molar-refractivity contribution is 0.0943. The van der Waals surface area contributed by atoms with Gasteiger partial charge in [-0.1, -0.05) is 13.0 Å². The molecule has 2 rings (SSSR count). The molecule has 3 nitrogen and oxygen atoms in total. The summed E-state index contributed by atoms with van der Waals surface area (Å²) in [5.74, 6) is 0.816. The lowest BCUT2D eigenvalue weighted by Gasteiger charge is -2.18. The lowest BCUT2D eigenvalue weighted by Crippen LogP contribution is -2.30. The van der Waals surface area contributed by atoms with Crippen LogP contribution >= 0.6 is 0 Å². The van der Waals surface area contributed by atoms with Crippen molar-refractivity contribution in [3.8, 4) is 0 Å². The maximum absolute atomic E-state index is 12.0. The molecule has 0 aliphatic heterocycles. The summed E-state index contributed by atoms with van der Waals surface area (Å²) in [5, 5.41) is 6.48. The molecule has 1 aliphatic carbocycles. The minimum atomic E-state index is -0.00174. The van der Waals surface area contributed by atoms with Crippen LogP contribution in [0.3, 0.4) is 0 Å². The first-order valence-corrected chi connectivity index (χ1v) is 7.27. The molecule has 0 radical (unpaired) electrons. The highest BCUT2D eigenvalue weighted by atomic mass is 16.1. The molecule has 0 spiro atoms. The molecule has 1 fully saturated rings. The van der Waals surface area contributed by atoms with E-state index in [9.17, 15) is 4.79 Å². The van der Waals surface area contributed by atoms with E-state index in [-0.39, 0.29) is 11.9 Å². The van der Waals surface area contributed by atoms with Crippen molar-refractivity contribution in [2.24, 2.45) is 5.92 Å². The molecule has 0 aromatic heterocycles. The van der Waals surface area contributed by atoms with Crippen LogP contribution in [0.4, 0.5) is 5.69 Å². The number of nitrogens with one attached hydrogen (secondary N) is 2. The van der Waals surface area contributed by atoms with Crippen LogP contribution in [0.2, 0.25) is 0 Å². The van der Waals surface area contributed by atoms with Crippen LogP contribution in [0.1, 0.15) is 50.4 Å². The maximum Gasteiger partial charge on any atom is 0.251 e. The smallest absolute Gasteiger partial charge is 0.251 e. The van der Waals surface area contributed by atoms with Crippen LogP contribution in [0.15, 0.2) is 24.3 Å². The number of hydrogen-bond acceptors (Lipinski definition) is 2. The van der Waals surface area contributed by atoms with E-state index in [0.29, 0.717) is 6.04 Å². The Labute approximate surface area is 115 Å². The average molecular weight is 260 g/mol. The van der Waals surface area contributed by atoms with Gasteiger partial charge in [0, 0.05) is 23.3 Å². The first kappa shape index (κ1) is 13.9. The van der Waals surface area contributed by atoms with E-state index in [4.69, 9.17) is 0 Å². The van der Waals surface area contributed by atoms with Crippen molar-refractivity contribution < 1.29 is 4.79 Å². The summed E-state index contributed by atoms with van der Waals surface area (Å²) in [6.07, 6.45) is 3.80. The Morgan fingerprint density at radius 3 is 2.68 bits per heavy atom. The Kier molecular flexibility index (Phi) is 4.46. The van der Waals surface area contributed by atoms with Crippen molar-refractivity contribution in [2.45, 2.75) is 52.1 Å². The van der Waals surface area contributed by atoms with Gasteiger partial charge < -0.3 is 10.6 Å². The summed E-state index contributed by atoms with van der Waals surface area (Å²) in [7, 11) is 0. The van der Waals surface area contributed by atoms with Crippen LogP contribution in [0.25, 0.3) is 0 Å². The number of anilines is 1. The third-order valence-corrected chi connectivity index (χ3v) is 3.53. The van der Waals surface area contributed by atoms with Crippen molar-refractivity contribution in [3.05, 3.63) is 29.8 Å². The van der Waals surface area contributed by atoms with Crippen molar-refractivity contribution >= 4 is 11.6 Å². The minimum Gasteiger partial charge on any atom is -0.382 e. The van der Waals surface area contributed by atoms with E-state index >= 15 is 0 Å². The van der Waals surface area contributed by atoms with E-state index in [1.807, 2.05) is 38.1 Å². The van der Waals surface area contributed by atoms with E-state index in [2.05, 4.69) is 17.6 Å². The number of benzene rings is 1. The fourth-order valence-electron chi connectivity index (χ4n) is 2.36. The van der Waals surface area contributed by atoms with Crippen molar-refractivity contribution in [2.75, 3.05) is 5.32 Å². The molecule has 1 aliphatic rings. The van der Waals surface area contributed by atoms with Gasteiger partial charge in [0.1, 0.15) is 0 Å². The molecule has 0 heterocycles. The van der Waals surface area contributed by atoms with Crippen LogP contribution in [0, 0.1) is 5.92 Å². The molecule has 3 heteroatoms. The van der Waals surface area contributed by atoms with Crippen LogP contribution in [-0.2, 0) is 0 Å². The van der Waals surface area contributed by atoms with Crippen LogP contribution < -0.4 is 10.6 Å². The van der Waals surface area contributed by atoms with Gasteiger partial charge in [0.25, 0.3) is 5.91 Å². The van der Waals surface area contributed by atoms with E-state index in [1.165, 1.54) is 12.8 Å². The second kappa shape index (κ2) is 6.09. The third-order valence-electron chi connectivity index (χ3n) is 3.53. The normalized spacial score (nSPS) is 16.2. The predicted molar refractivity (Wildman–Crippen MR) is 79.5 cm³/mol. The number of hydrogen-bond donors (Lipinski definition) is 2. The molecule has 2 N–H and O–H groups in total. The largest absolute Gasteiger partial charge is 0.382 e. The topological polar surface area (TPSA) is 41.1 Å². The summed E-state index contributed by atoms with van der Waals surface area (Å²) >= 11 is 0. The SMILES string of the molecule is CCC(Nc1cccc(C(=O)NC(C)C)c1)C1CC1. The molecule has 1 amide bonds. The molecule has 104 valence electrons. The van der Waals surface area contributed by atoms with E-state index in [0.717, 1.165) is 23.6 Å². The first-order chi connectivity index (χ1) is 9.10. The van der Waals surface area contributed by atoms with Gasteiger partial charge in [-0.25, -0.2) is 0 Å². The first-order valence-electron chi connectivity index (χ1n) is 7.27. The number of rotatable bonds is 6. The van der Waals surface area contributed by atoms with E-state index in [1.54, 1.807) is 0 Å². The second-order valence-corrected chi connectivity index (χ2v) is 5.71. The molecule has 1 aromatic rings. The van der Waals surface area contributed by atoms with Crippen molar-refractivity contribution in [1.29, 1.82) is 0 Å². The summed E-state index contributed by atoms with van der Waals surface area (Å²) in [4.78, 5) is 12.0. The Morgan fingerprint density at radius 2 is 2.11 bits per heavy atom. The standard InChI is InChI=1S/C16H24N2O/c1-4-15(12-8-9-12)18-14-7-5-6-13(10-14)16(19)17-11(2)3/h5-7,10-12,15,18H,4,8-9H2,1-3H3,(H,17,19). The summed E-state index contributed by atoms with van der Waals surface area (Å²) in [6.45, 7) is 6.16. The van der Waals surface area contributed by atoms with Gasteiger partial charge in [-0.3, -0.25) is 4.79 Å². The van der Waals surface area contributed by atoms with Gasteiger partial charge in [0.15, 0.2) is 0 Å². The average Bonchev–Trinajstić information content (AvgIpc) is 3.20. The maximum atomic E-state index is 12.0. The molecular weight excluding hydrogens is 236 g/mol. The highest BCUT2D eigenvalue weighted by molar-refractivity contribution is 5.95. The Morgan fingerprint density at radius 1 is 1.37 bits per heavy atom. The summed E-state index contributed by atoms with van der Waals surface area (Å²) in [6, 6.07) is 8.50. The Balaban J connectivity index is 2.03. The van der Waals surface area contributed by atoms with Gasteiger partial charge in [-0.2, -0.15) is 0 Å². The second-order valence-electron chi connectivity index (χ2n) is 5.71. The zero-order valence-corrected chi connectivity index (χ0v) is 12.1. The Hall–Kier alpha value is -1.51. The molecule has 1 saturated carbocycles. The van der Waals surface area contributed by atoms with Gasteiger partial charge >= 0.3 is 0 Å². The highest BCUT2D eigenvalue weighted by Gasteiger charge is 2.29. The van der Waals surface area contributed by atoms with Crippen molar-refractivity contribution in [1.82, 2.24) is 5.32 Å². The molecular formula is C16H24N2O. The number of amides is 1. The lowest BCUT2D eigenvalue weighted by atomic mass is 10.1. The monoisotopic (exact) mass is 260 g/mol. The number of carbonyl (C=O) groups is 1. The molecule has 19 heavy (non-hydrogen) atoms. The Bertz CT molecular complexity index is 438. The minimum absolute atomic E-state index is 0.00174. The van der Waals surface area contributed by atoms with Crippen molar-refractivity contribution in [3.63, 3.8) is 0 Å². The zero-order chi connectivity index (χ0) is 13.8. The number of carbonyl (C=O) groups excluding carboxylic acids is 1. The van der Waals surface area contributed by atoms with Crippen LogP contribution in [-0.4, -0.2) is 18.0 Å². The predicted octanol–water partition coefficient (Wildman–Crippen LogP) is 3.43. The fourth-order valence-corrected chi connectivity index (χ4v) is 2.36. The summed E-state index contributed by atoms with van der Waals surface area (Å²) < 4.78 is 0. The molecule has 1 unspecified atom stereocenters. The van der Waals surface area contributed by atoms with Gasteiger partial charge in [0.05, 0.1) is 0 Å². The third kappa shape index (κ3) is 3.98. The van der Waals surface area contributed by atoms with Gasteiger partial charge in [-0.15, -0.1) is 0 Å². The van der Waals surface area contributed by atoms with E-state index < -0.39 is 0 Å². The zero-order valence-electron chi connectivity index (χ0n) is 12.1. The molecule has 1 atom stereocenters. The molecule has 0 saturated heterocycles. The fraction of sp³-hybridized carbons (Fsp3) is 0.562. The highest BCUT2D eigenvalue weighted by Crippen LogP contribution is 2.35. The van der Waals surface area contributed by atoms with Gasteiger partial charge in [0.2, 0.25) is 0 Å². The van der Waals surface area contributed by atoms with Gasteiger partial charge in [-0.05, 0) is 57.2 Å². The summed E-state index contributed by atoms with van der Waals surface area (Å²) in [5.41, 5.74) is 1.78. The molecule has 0 bridgehead atoms. The van der Waals surface area contributed by atoms with Crippen LogP contribution in [0.5, 0.6) is 0 Å².